The molecule has 3 atom stereocenters. The number of likely N-dealkylation sites (tertiary alicyclic amines) is 1. The van der Waals surface area contributed by atoms with Gasteiger partial charge in [-0.3, -0.25) is 9.58 Å². The Balaban J connectivity index is 2.19. The van der Waals surface area contributed by atoms with E-state index in [-0.39, 0.29) is 24.5 Å². The molecule has 1 aromatic heterocycles. The Hall–Kier alpha value is -1.32. The summed E-state index contributed by atoms with van der Waals surface area (Å²) in [6, 6.07) is 1.16. The molecule has 0 spiro atoms. The summed E-state index contributed by atoms with van der Waals surface area (Å²) in [6.45, 7) is 10.1. The van der Waals surface area contributed by atoms with Gasteiger partial charge in [0.05, 0.1) is 6.61 Å². The highest BCUT2D eigenvalue weighted by Gasteiger charge is 2.47. The fourth-order valence-corrected chi connectivity index (χ4v) is 3.51. The SMILES string of the molecule is CCOC(=O)[C@@H]1C[C@H](Cn2ccc(I)n2)[C@@H](C)N1C(=O)OC(C)(C)C. The Kier molecular flexibility index (Phi) is 6.34. The summed E-state index contributed by atoms with van der Waals surface area (Å²) in [5, 5.41) is 4.40. The highest BCUT2D eigenvalue weighted by molar-refractivity contribution is 14.1. The van der Waals surface area contributed by atoms with Crippen LogP contribution in [0.15, 0.2) is 12.3 Å². The molecule has 0 unspecified atom stereocenters. The van der Waals surface area contributed by atoms with E-state index in [1.165, 1.54) is 4.90 Å². The summed E-state index contributed by atoms with van der Waals surface area (Å²) in [5.41, 5.74) is -0.619. The van der Waals surface area contributed by atoms with Crippen LogP contribution in [-0.4, -0.2) is 51.0 Å². The number of carbonyl (C=O) groups excluding carboxylic acids is 2. The standard InChI is InChI=1S/C17H26IN3O4/c1-6-24-15(22)13-9-12(10-20-8-7-14(18)19-20)11(2)21(13)16(23)25-17(3,4)5/h7-8,11-13H,6,9-10H2,1-5H3/t11-,12-,13+/m1/s1. The van der Waals surface area contributed by atoms with Crippen LogP contribution in [0.1, 0.15) is 41.0 Å². The van der Waals surface area contributed by atoms with Crippen LogP contribution < -0.4 is 0 Å². The maximum absolute atomic E-state index is 12.7. The first kappa shape index (κ1) is 20.0. The van der Waals surface area contributed by atoms with Gasteiger partial charge in [0.2, 0.25) is 0 Å². The Bertz CT molecular complexity index is 626. The van der Waals surface area contributed by atoms with E-state index >= 15 is 0 Å². The van der Waals surface area contributed by atoms with Crippen molar-refractivity contribution in [3.05, 3.63) is 16.0 Å². The van der Waals surface area contributed by atoms with Crippen molar-refractivity contribution in [3.63, 3.8) is 0 Å². The molecule has 0 bridgehead atoms. The van der Waals surface area contributed by atoms with E-state index in [9.17, 15) is 9.59 Å². The van der Waals surface area contributed by atoms with Crippen LogP contribution in [0.3, 0.4) is 0 Å². The van der Waals surface area contributed by atoms with Crippen molar-refractivity contribution in [2.24, 2.45) is 5.92 Å². The summed E-state index contributed by atoms with van der Waals surface area (Å²) in [7, 11) is 0. The molecular weight excluding hydrogens is 437 g/mol. The summed E-state index contributed by atoms with van der Waals surface area (Å²) in [4.78, 5) is 26.6. The summed E-state index contributed by atoms with van der Waals surface area (Å²) in [5.74, 6) is -0.282. The molecule has 2 heterocycles. The smallest absolute Gasteiger partial charge is 0.411 e. The number of ether oxygens (including phenoxy) is 2. The topological polar surface area (TPSA) is 73.7 Å². The van der Waals surface area contributed by atoms with E-state index in [2.05, 4.69) is 27.7 Å². The van der Waals surface area contributed by atoms with Crippen molar-refractivity contribution in [3.8, 4) is 0 Å². The highest BCUT2D eigenvalue weighted by Crippen LogP contribution is 2.33. The van der Waals surface area contributed by atoms with Gasteiger partial charge < -0.3 is 9.47 Å². The van der Waals surface area contributed by atoms with Gasteiger partial charge in [-0.25, -0.2) is 9.59 Å². The van der Waals surface area contributed by atoms with E-state index in [0.29, 0.717) is 13.0 Å². The summed E-state index contributed by atoms with van der Waals surface area (Å²) >= 11 is 2.16. The minimum atomic E-state index is -0.621. The zero-order valence-corrected chi connectivity index (χ0v) is 17.5. The summed E-state index contributed by atoms with van der Waals surface area (Å²) < 4.78 is 13.4. The molecule has 140 valence electrons. The lowest BCUT2D eigenvalue weighted by molar-refractivity contribution is -0.148. The highest BCUT2D eigenvalue weighted by atomic mass is 127. The van der Waals surface area contributed by atoms with E-state index < -0.39 is 17.7 Å². The minimum Gasteiger partial charge on any atom is -0.464 e. The molecule has 0 aromatic carbocycles. The van der Waals surface area contributed by atoms with Gasteiger partial charge in [0.25, 0.3) is 0 Å². The molecule has 1 saturated heterocycles. The Labute approximate surface area is 162 Å². The Morgan fingerprint density at radius 2 is 2.08 bits per heavy atom. The predicted octanol–water partition coefficient (Wildman–Crippen LogP) is 3.06. The lowest BCUT2D eigenvalue weighted by atomic mass is 10.0. The number of aromatic nitrogens is 2. The van der Waals surface area contributed by atoms with Crippen LogP contribution in [0.25, 0.3) is 0 Å². The fraction of sp³-hybridized carbons (Fsp3) is 0.706. The van der Waals surface area contributed by atoms with Crippen LogP contribution >= 0.6 is 22.6 Å². The van der Waals surface area contributed by atoms with Crippen LogP contribution in [0.5, 0.6) is 0 Å². The number of hydrogen-bond donors (Lipinski definition) is 0. The van der Waals surface area contributed by atoms with E-state index in [1.54, 1.807) is 6.92 Å². The van der Waals surface area contributed by atoms with Gasteiger partial charge in [0.1, 0.15) is 15.3 Å². The molecule has 0 aliphatic carbocycles. The van der Waals surface area contributed by atoms with E-state index in [0.717, 1.165) is 3.70 Å². The van der Waals surface area contributed by atoms with Crippen LogP contribution in [-0.2, 0) is 20.8 Å². The van der Waals surface area contributed by atoms with Crippen molar-refractivity contribution in [2.45, 2.75) is 65.3 Å². The van der Waals surface area contributed by atoms with Gasteiger partial charge in [-0.1, -0.05) is 0 Å². The van der Waals surface area contributed by atoms with Crippen molar-refractivity contribution in [1.29, 1.82) is 0 Å². The third kappa shape index (κ3) is 5.08. The lowest BCUT2D eigenvalue weighted by Crippen LogP contribution is -2.47. The maximum atomic E-state index is 12.7. The normalized spacial score (nSPS) is 23.6. The second-order valence-corrected chi connectivity index (χ2v) is 8.36. The Morgan fingerprint density at radius 1 is 1.40 bits per heavy atom. The lowest BCUT2D eigenvalue weighted by Gasteiger charge is -2.31. The maximum Gasteiger partial charge on any atom is 0.411 e. The first-order chi connectivity index (χ1) is 11.6. The van der Waals surface area contributed by atoms with Crippen molar-refractivity contribution >= 4 is 34.7 Å². The molecule has 0 radical (unpaired) electrons. The van der Waals surface area contributed by atoms with Gasteiger partial charge >= 0.3 is 12.1 Å². The molecule has 0 saturated carbocycles. The number of amides is 1. The van der Waals surface area contributed by atoms with Crippen LogP contribution in [0.4, 0.5) is 4.79 Å². The molecule has 8 heteroatoms. The first-order valence-corrected chi connectivity index (χ1v) is 9.57. The second-order valence-electron chi connectivity index (χ2n) is 7.25. The molecule has 1 fully saturated rings. The number of hydrogen-bond acceptors (Lipinski definition) is 5. The predicted molar refractivity (Wildman–Crippen MR) is 101 cm³/mol. The fourth-order valence-electron chi connectivity index (χ4n) is 3.07. The van der Waals surface area contributed by atoms with Gasteiger partial charge in [0, 0.05) is 24.7 Å². The van der Waals surface area contributed by atoms with Crippen LogP contribution in [0, 0.1) is 9.62 Å². The van der Waals surface area contributed by atoms with E-state index in [1.807, 2.05) is 44.6 Å². The number of halogens is 1. The first-order valence-electron chi connectivity index (χ1n) is 8.49. The number of carbonyl (C=O) groups is 2. The molecule has 2 rings (SSSR count). The van der Waals surface area contributed by atoms with Gasteiger partial charge in [0.15, 0.2) is 0 Å². The number of nitrogens with zero attached hydrogens (tertiary/aromatic N) is 3. The van der Waals surface area contributed by atoms with E-state index in [4.69, 9.17) is 9.47 Å². The molecule has 1 aliphatic rings. The molecular formula is C17H26IN3O4. The molecule has 0 N–H and O–H groups in total. The molecule has 7 nitrogen and oxygen atoms in total. The van der Waals surface area contributed by atoms with Gasteiger partial charge in [-0.15, -0.1) is 0 Å². The van der Waals surface area contributed by atoms with Crippen molar-refractivity contribution in [2.75, 3.05) is 6.61 Å². The zero-order chi connectivity index (χ0) is 18.8. The molecule has 1 aromatic rings. The molecule has 1 aliphatic heterocycles. The third-order valence-corrected chi connectivity index (χ3v) is 4.75. The monoisotopic (exact) mass is 463 g/mol. The Morgan fingerprint density at radius 3 is 2.60 bits per heavy atom. The molecule has 25 heavy (non-hydrogen) atoms. The quantitative estimate of drug-likeness (QED) is 0.507. The largest absolute Gasteiger partial charge is 0.464 e. The second kappa shape index (κ2) is 7.92. The third-order valence-electron chi connectivity index (χ3n) is 4.18. The van der Waals surface area contributed by atoms with Gasteiger partial charge in [-0.05, 0) is 69.7 Å². The zero-order valence-electron chi connectivity index (χ0n) is 15.4. The van der Waals surface area contributed by atoms with Crippen molar-refractivity contribution in [1.82, 2.24) is 14.7 Å². The van der Waals surface area contributed by atoms with Gasteiger partial charge in [-0.2, -0.15) is 5.10 Å². The number of esters is 1. The minimum absolute atomic E-state index is 0.0950. The van der Waals surface area contributed by atoms with Crippen LogP contribution in [0.2, 0.25) is 0 Å². The molecule has 1 amide bonds. The average molecular weight is 463 g/mol. The average Bonchev–Trinajstić information content (AvgIpc) is 3.02. The van der Waals surface area contributed by atoms with Crippen molar-refractivity contribution < 1.29 is 19.1 Å². The number of rotatable bonds is 4. The summed E-state index contributed by atoms with van der Waals surface area (Å²) in [6.07, 6.45) is 1.97.